The second-order valence-corrected chi connectivity index (χ2v) is 12.9. The van der Waals surface area contributed by atoms with Crippen molar-refractivity contribution < 1.29 is 9.53 Å². The number of halogens is 1. The lowest BCUT2D eigenvalue weighted by atomic mass is 10.4. The molecule has 2 rings (SSSR count). The maximum atomic E-state index is 12.3. The molecule has 2 amide bonds. The van der Waals surface area contributed by atoms with Gasteiger partial charge in [-0.15, -0.1) is 0 Å². The summed E-state index contributed by atoms with van der Waals surface area (Å²) in [6.07, 6.45) is 3.42. The Labute approximate surface area is 135 Å². The molecular formula is C14H22BrN3O2Si. The Morgan fingerprint density at radius 1 is 1.33 bits per heavy atom. The first kappa shape index (κ1) is 16.4. The Bertz CT molecular complexity index is 507. The molecule has 1 fully saturated rings. The van der Waals surface area contributed by atoms with E-state index >= 15 is 0 Å². The second-order valence-electron chi connectivity index (χ2n) is 6.41. The monoisotopic (exact) mass is 371 g/mol. The predicted octanol–water partition coefficient (Wildman–Crippen LogP) is 3.40. The van der Waals surface area contributed by atoms with E-state index in [1.165, 1.54) is 0 Å². The fraction of sp³-hybridized carbons (Fsp3) is 0.571. The molecule has 1 saturated heterocycles. The number of aromatic nitrogens is 1. The Hall–Kier alpha value is -0.923. The third-order valence-corrected chi connectivity index (χ3v) is 5.48. The summed E-state index contributed by atoms with van der Waals surface area (Å²) >= 11 is 3.38. The fourth-order valence-corrected chi connectivity index (χ4v) is 3.15. The Kier molecular flexibility index (Phi) is 5.40. The molecule has 1 aromatic heterocycles. The smallest absolute Gasteiger partial charge is 0.326 e. The van der Waals surface area contributed by atoms with E-state index in [0.29, 0.717) is 19.8 Å². The third kappa shape index (κ3) is 4.79. The normalized spacial score (nSPS) is 15.9. The average molecular weight is 372 g/mol. The number of hydrogen-bond acceptors (Lipinski definition) is 3. The van der Waals surface area contributed by atoms with Crippen LogP contribution in [0.4, 0.5) is 10.5 Å². The van der Waals surface area contributed by atoms with Gasteiger partial charge in [0.1, 0.15) is 6.73 Å². The maximum Gasteiger partial charge on any atom is 0.326 e. The molecule has 0 bridgehead atoms. The van der Waals surface area contributed by atoms with Crippen molar-refractivity contribution >= 4 is 35.7 Å². The zero-order chi connectivity index (χ0) is 15.5. The van der Waals surface area contributed by atoms with E-state index < -0.39 is 8.07 Å². The first-order valence-corrected chi connectivity index (χ1v) is 11.6. The first-order valence-electron chi connectivity index (χ1n) is 7.11. The van der Waals surface area contributed by atoms with E-state index in [1.807, 2.05) is 6.07 Å². The molecule has 1 aliphatic heterocycles. The molecule has 0 saturated carbocycles. The van der Waals surface area contributed by atoms with Crippen LogP contribution in [0, 0.1) is 0 Å². The van der Waals surface area contributed by atoms with E-state index in [4.69, 9.17) is 4.74 Å². The summed E-state index contributed by atoms with van der Waals surface area (Å²) in [4.78, 5) is 19.9. The van der Waals surface area contributed by atoms with Gasteiger partial charge >= 0.3 is 6.03 Å². The SMILES string of the molecule is C[Si](C)(C)CCOCN1CCN(c2cncc(Br)c2)C1=O. The van der Waals surface area contributed by atoms with Crippen molar-refractivity contribution in [1.82, 2.24) is 9.88 Å². The van der Waals surface area contributed by atoms with Gasteiger partial charge in [-0.25, -0.2) is 4.79 Å². The molecule has 0 radical (unpaired) electrons. The molecule has 1 aliphatic rings. The molecule has 0 aliphatic carbocycles. The van der Waals surface area contributed by atoms with Gasteiger partial charge in [-0.2, -0.15) is 0 Å². The Morgan fingerprint density at radius 3 is 2.76 bits per heavy atom. The number of rotatable bonds is 6. The van der Waals surface area contributed by atoms with Crippen LogP contribution in [-0.4, -0.2) is 50.4 Å². The van der Waals surface area contributed by atoms with Gasteiger partial charge in [-0.3, -0.25) is 14.8 Å². The molecular weight excluding hydrogens is 350 g/mol. The van der Waals surface area contributed by atoms with Crippen LogP contribution in [0.3, 0.4) is 0 Å². The van der Waals surface area contributed by atoms with Crippen molar-refractivity contribution in [2.75, 3.05) is 31.3 Å². The number of urea groups is 1. The lowest BCUT2D eigenvalue weighted by Gasteiger charge is -2.20. The van der Waals surface area contributed by atoms with E-state index in [-0.39, 0.29) is 6.03 Å². The summed E-state index contributed by atoms with van der Waals surface area (Å²) in [5, 5.41) is 0. The summed E-state index contributed by atoms with van der Waals surface area (Å²) in [7, 11) is -1.08. The topological polar surface area (TPSA) is 45.7 Å². The van der Waals surface area contributed by atoms with Gasteiger partial charge in [0.25, 0.3) is 0 Å². The molecule has 21 heavy (non-hydrogen) atoms. The summed E-state index contributed by atoms with van der Waals surface area (Å²) in [5.74, 6) is 0. The van der Waals surface area contributed by atoms with Gasteiger partial charge in [0.15, 0.2) is 0 Å². The Morgan fingerprint density at radius 2 is 2.10 bits per heavy atom. The number of pyridine rings is 1. The van der Waals surface area contributed by atoms with Crippen LogP contribution < -0.4 is 4.90 Å². The van der Waals surface area contributed by atoms with Gasteiger partial charge in [0, 0.05) is 38.4 Å². The standard InChI is InChI=1S/C14H22BrN3O2Si/c1-21(2,3)7-6-20-11-17-4-5-18(14(17)19)13-8-12(15)9-16-10-13/h8-10H,4-7,11H2,1-3H3. The van der Waals surface area contributed by atoms with Crippen LogP contribution in [0.2, 0.25) is 25.7 Å². The van der Waals surface area contributed by atoms with E-state index in [0.717, 1.165) is 22.8 Å². The van der Waals surface area contributed by atoms with Gasteiger partial charge in [-0.1, -0.05) is 19.6 Å². The zero-order valence-corrected chi connectivity index (χ0v) is 15.4. The molecule has 0 N–H and O–H groups in total. The van der Waals surface area contributed by atoms with Crippen molar-refractivity contribution in [2.24, 2.45) is 0 Å². The molecule has 0 atom stereocenters. The van der Waals surface area contributed by atoms with Gasteiger partial charge in [0.05, 0.1) is 11.9 Å². The molecule has 5 nitrogen and oxygen atoms in total. The molecule has 7 heteroatoms. The first-order chi connectivity index (χ1) is 9.87. The van der Waals surface area contributed by atoms with E-state index in [2.05, 4.69) is 40.6 Å². The highest BCUT2D eigenvalue weighted by molar-refractivity contribution is 9.10. The lowest BCUT2D eigenvalue weighted by Crippen LogP contribution is -2.34. The number of anilines is 1. The van der Waals surface area contributed by atoms with Crippen LogP contribution in [0.25, 0.3) is 0 Å². The predicted molar refractivity (Wildman–Crippen MR) is 90.4 cm³/mol. The van der Waals surface area contributed by atoms with E-state index in [1.54, 1.807) is 22.2 Å². The van der Waals surface area contributed by atoms with Crippen LogP contribution >= 0.6 is 15.9 Å². The van der Waals surface area contributed by atoms with Crippen LogP contribution in [0.5, 0.6) is 0 Å². The van der Waals surface area contributed by atoms with Crippen LogP contribution in [0.1, 0.15) is 0 Å². The van der Waals surface area contributed by atoms with Gasteiger partial charge in [0.2, 0.25) is 0 Å². The fourth-order valence-electron chi connectivity index (χ4n) is 2.04. The highest BCUT2D eigenvalue weighted by Gasteiger charge is 2.29. The number of ether oxygens (including phenoxy) is 1. The minimum atomic E-state index is -1.08. The molecule has 0 unspecified atom stereocenters. The highest BCUT2D eigenvalue weighted by atomic mass is 79.9. The van der Waals surface area contributed by atoms with Crippen molar-refractivity contribution in [2.45, 2.75) is 25.7 Å². The summed E-state index contributed by atoms with van der Waals surface area (Å²) in [6, 6.07) is 3.01. The maximum absolute atomic E-state index is 12.3. The minimum Gasteiger partial charge on any atom is -0.361 e. The third-order valence-electron chi connectivity index (χ3n) is 3.34. The summed E-state index contributed by atoms with van der Waals surface area (Å²) in [5.41, 5.74) is 0.818. The van der Waals surface area contributed by atoms with Gasteiger partial charge in [-0.05, 0) is 28.0 Å². The highest BCUT2D eigenvalue weighted by Crippen LogP contribution is 2.22. The number of carbonyl (C=O) groups excluding carboxylic acids is 1. The molecule has 116 valence electrons. The largest absolute Gasteiger partial charge is 0.361 e. The number of amides is 2. The molecule has 2 heterocycles. The minimum absolute atomic E-state index is 0.0112. The molecule has 0 spiro atoms. The quantitative estimate of drug-likeness (QED) is 0.568. The summed E-state index contributed by atoms with van der Waals surface area (Å²) < 4.78 is 6.53. The van der Waals surface area contributed by atoms with Crippen molar-refractivity contribution in [3.05, 3.63) is 22.9 Å². The van der Waals surface area contributed by atoms with Crippen molar-refractivity contribution in [3.8, 4) is 0 Å². The zero-order valence-electron chi connectivity index (χ0n) is 12.8. The van der Waals surface area contributed by atoms with Gasteiger partial charge < -0.3 is 4.74 Å². The van der Waals surface area contributed by atoms with E-state index in [9.17, 15) is 4.79 Å². The summed E-state index contributed by atoms with van der Waals surface area (Å²) in [6.45, 7) is 9.43. The number of nitrogens with zero attached hydrogens (tertiary/aromatic N) is 3. The second kappa shape index (κ2) is 6.89. The van der Waals surface area contributed by atoms with Crippen molar-refractivity contribution in [1.29, 1.82) is 0 Å². The number of hydrogen-bond donors (Lipinski definition) is 0. The van der Waals surface area contributed by atoms with Crippen LogP contribution in [0.15, 0.2) is 22.9 Å². The number of carbonyl (C=O) groups is 1. The average Bonchev–Trinajstić information content (AvgIpc) is 2.75. The van der Waals surface area contributed by atoms with Crippen molar-refractivity contribution in [3.63, 3.8) is 0 Å². The Balaban J connectivity index is 1.84. The molecule has 0 aromatic carbocycles. The molecule has 1 aromatic rings. The van der Waals surface area contributed by atoms with Crippen LogP contribution in [-0.2, 0) is 4.74 Å². The lowest BCUT2D eigenvalue weighted by molar-refractivity contribution is 0.0660.